The molecule has 2 atom stereocenters. The van der Waals surface area contributed by atoms with Gasteiger partial charge in [-0.05, 0) is 19.4 Å². The third-order valence-corrected chi connectivity index (χ3v) is 3.32. The fraction of sp³-hybridized carbons (Fsp3) is 0.909. The zero-order chi connectivity index (χ0) is 10.7. The molecule has 4 nitrogen and oxygen atoms in total. The molecule has 0 saturated carbocycles. The molecule has 1 amide bonds. The minimum atomic E-state index is 0. The van der Waals surface area contributed by atoms with Crippen molar-refractivity contribution in [3.8, 4) is 0 Å². The molecular formula is C11H21ClN2O2. The van der Waals surface area contributed by atoms with Crippen molar-refractivity contribution >= 4 is 18.3 Å². The van der Waals surface area contributed by atoms with Crippen LogP contribution in [0.3, 0.4) is 0 Å². The van der Waals surface area contributed by atoms with E-state index in [-0.39, 0.29) is 24.4 Å². The number of halogens is 1. The Bertz CT molecular complexity index is 232. The first-order chi connectivity index (χ1) is 7.31. The molecule has 2 unspecified atom stereocenters. The lowest BCUT2D eigenvalue weighted by atomic mass is 10.1. The van der Waals surface area contributed by atoms with Crippen LogP contribution >= 0.6 is 12.4 Å². The van der Waals surface area contributed by atoms with Gasteiger partial charge in [-0.15, -0.1) is 12.4 Å². The van der Waals surface area contributed by atoms with Crippen molar-refractivity contribution in [3.63, 3.8) is 0 Å². The smallest absolute Gasteiger partial charge is 0.227 e. The van der Waals surface area contributed by atoms with E-state index in [1.165, 1.54) is 0 Å². The zero-order valence-corrected chi connectivity index (χ0v) is 10.6. The largest absolute Gasteiger partial charge is 0.375 e. The van der Waals surface area contributed by atoms with Crippen molar-refractivity contribution in [2.45, 2.75) is 25.9 Å². The summed E-state index contributed by atoms with van der Waals surface area (Å²) in [6, 6.07) is 0. The normalized spacial score (nSPS) is 29.9. The van der Waals surface area contributed by atoms with Crippen molar-refractivity contribution in [1.29, 1.82) is 0 Å². The molecule has 0 aromatic carbocycles. The van der Waals surface area contributed by atoms with E-state index in [9.17, 15) is 4.79 Å². The molecule has 0 bridgehead atoms. The number of hydrogen-bond donors (Lipinski definition) is 1. The molecule has 5 heteroatoms. The SMILES string of the molecule is CCC1CN(C(=O)C2CCNC2)CCO1.Cl. The van der Waals surface area contributed by atoms with Gasteiger partial charge in [0.25, 0.3) is 0 Å². The molecule has 0 aromatic heterocycles. The van der Waals surface area contributed by atoms with Crippen molar-refractivity contribution in [2.75, 3.05) is 32.8 Å². The third-order valence-electron chi connectivity index (χ3n) is 3.32. The Morgan fingerprint density at radius 3 is 3.00 bits per heavy atom. The van der Waals surface area contributed by atoms with E-state index >= 15 is 0 Å². The van der Waals surface area contributed by atoms with E-state index in [0.29, 0.717) is 12.5 Å². The first-order valence-electron chi connectivity index (χ1n) is 5.92. The summed E-state index contributed by atoms with van der Waals surface area (Å²) >= 11 is 0. The summed E-state index contributed by atoms with van der Waals surface area (Å²) in [4.78, 5) is 14.1. The number of carbonyl (C=O) groups excluding carboxylic acids is 1. The summed E-state index contributed by atoms with van der Waals surface area (Å²) in [6.07, 6.45) is 2.23. The Hall–Kier alpha value is -0.320. The number of amides is 1. The quantitative estimate of drug-likeness (QED) is 0.781. The van der Waals surface area contributed by atoms with Gasteiger partial charge >= 0.3 is 0 Å². The molecule has 0 aliphatic carbocycles. The lowest BCUT2D eigenvalue weighted by Crippen LogP contribution is -2.47. The fourth-order valence-electron chi connectivity index (χ4n) is 2.29. The van der Waals surface area contributed by atoms with Gasteiger partial charge < -0.3 is 15.0 Å². The average molecular weight is 249 g/mol. The topological polar surface area (TPSA) is 41.6 Å². The van der Waals surface area contributed by atoms with Crippen LogP contribution in [0.2, 0.25) is 0 Å². The van der Waals surface area contributed by atoms with Crippen LogP contribution < -0.4 is 5.32 Å². The van der Waals surface area contributed by atoms with E-state index in [0.717, 1.165) is 39.0 Å². The van der Waals surface area contributed by atoms with Gasteiger partial charge in [0.2, 0.25) is 5.91 Å². The summed E-state index contributed by atoms with van der Waals surface area (Å²) in [7, 11) is 0. The highest BCUT2D eigenvalue weighted by atomic mass is 35.5. The van der Waals surface area contributed by atoms with Crippen LogP contribution in [-0.2, 0) is 9.53 Å². The number of nitrogens with zero attached hydrogens (tertiary/aromatic N) is 1. The Labute approximate surface area is 103 Å². The van der Waals surface area contributed by atoms with Gasteiger partial charge in [-0.25, -0.2) is 0 Å². The monoisotopic (exact) mass is 248 g/mol. The Balaban J connectivity index is 0.00000128. The van der Waals surface area contributed by atoms with Crippen LogP contribution in [0, 0.1) is 5.92 Å². The van der Waals surface area contributed by atoms with Crippen molar-refractivity contribution in [2.24, 2.45) is 5.92 Å². The van der Waals surface area contributed by atoms with E-state index in [2.05, 4.69) is 12.2 Å². The highest BCUT2D eigenvalue weighted by Crippen LogP contribution is 2.15. The maximum absolute atomic E-state index is 12.1. The molecule has 0 spiro atoms. The predicted octanol–water partition coefficient (Wildman–Crippen LogP) is 0.655. The maximum atomic E-state index is 12.1. The van der Waals surface area contributed by atoms with Gasteiger partial charge in [0.1, 0.15) is 0 Å². The van der Waals surface area contributed by atoms with Gasteiger partial charge in [-0.2, -0.15) is 0 Å². The van der Waals surface area contributed by atoms with Gasteiger partial charge in [0.05, 0.1) is 18.6 Å². The number of carbonyl (C=O) groups is 1. The van der Waals surface area contributed by atoms with Gasteiger partial charge in [0, 0.05) is 19.6 Å². The second-order valence-electron chi connectivity index (χ2n) is 4.38. The van der Waals surface area contributed by atoms with Gasteiger partial charge in [0.15, 0.2) is 0 Å². The average Bonchev–Trinajstić information content (AvgIpc) is 2.81. The van der Waals surface area contributed by atoms with E-state index in [1.807, 2.05) is 4.90 Å². The maximum Gasteiger partial charge on any atom is 0.227 e. The minimum absolute atomic E-state index is 0. The Morgan fingerprint density at radius 2 is 2.38 bits per heavy atom. The highest BCUT2D eigenvalue weighted by Gasteiger charge is 2.30. The summed E-state index contributed by atoms with van der Waals surface area (Å²) in [6.45, 7) is 6.20. The molecule has 2 fully saturated rings. The molecule has 16 heavy (non-hydrogen) atoms. The van der Waals surface area contributed by atoms with Gasteiger partial charge in [-0.1, -0.05) is 6.92 Å². The van der Waals surface area contributed by atoms with E-state index < -0.39 is 0 Å². The number of hydrogen-bond acceptors (Lipinski definition) is 3. The lowest BCUT2D eigenvalue weighted by molar-refractivity contribution is -0.142. The predicted molar refractivity (Wildman–Crippen MR) is 64.8 cm³/mol. The van der Waals surface area contributed by atoms with Crippen LogP contribution in [0.25, 0.3) is 0 Å². The van der Waals surface area contributed by atoms with Crippen LogP contribution in [0.5, 0.6) is 0 Å². The molecule has 2 aliphatic heterocycles. The lowest BCUT2D eigenvalue weighted by Gasteiger charge is -2.33. The molecule has 0 radical (unpaired) electrons. The molecule has 2 heterocycles. The molecule has 2 rings (SSSR count). The minimum Gasteiger partial charge on any atom is -0.375 e. The highest BCUT2D eigenvalue weighted by molar-refractivity contribution is 5.85. The fourth-order valence-corrected chi connectivity index (χ4v) is 2.29. The number of morpholine rings is 1. The zero-order valence-electron chi connectivity index (χ0n) is 9.78. The van der Waals surface area contributed by atoms with Gasteiger partial charge in [-0.3, -0.25) is 4.79 Å². The van der Waals surface area contributed by atoms with Crippen molar-refractivity contribution in [3.05, 3.63) is 0 Å². The Kier molecular flexibility index (Phi) is 5.52. The van der Waals surface area contributed by atoms with Crippen LogP contribution in [-0.4, -0.2) is 49.7 Å². The van der Waals surface area contributed by atoms with E-state index in [1.54, 1.807) is 0 Å². The van der Waals surface area contributed by atoms with Crippen LogP contribution in [0.15, 0.2) is 0 Å². The number of ether oxygens (including phenoxy) is 1. The molecule has 1 N–H and O–H groups in total. The number of nitrogens with one attached hydrogen (secondary N) is 1. The standard InChI is InChI=1S/C11H20N2O2.ClH/c1-2-10-8-13(5-6-15-10)11(14)9-3-4-12-7-9;/h9-10,12H,2-8H2,1H3;1H. The molecule has 94 valence electrons. The third kappa shape index (κ3) is 3.09. The van der Waals surface area contributed by atoms with Crippen molar-refractivity contribution < 1.29 is 9.53 Å². The van der Waals surface area contributed by atoms with Crippen LogP contribution in [0.1, 0.15) is 19.8 Å². The second kappa shape index (κ2) is 6.42. The number of rotatable bonds is 2. The molecule has 2 aliphatic rings. The second-order valence-corrected chi connectivity index (χ2v) is 4.38. The van der Waals surface area contributed by atoms with Crippen LogP contribution in [0.4, 0.5) is 0 Å². The molecule has 0 aromatic rings. The molecular weight excluding hydrogens is 228 g/mol. The Morgan fingerprint density at radius 1 is 1.56 bits per heavy atom. The van der Waals surface area contributed by atoms with E-state index in [4.69, 9.17) is 4.74 Å². The first-order valence-corrected chi connectivity index (χ1v) is 5.92. The molecule has 2 saturated heterocycles. The summed E-state index contributed by atoms with van der Waals surface area (Å²) in [5, 5.41) is 3.24. The summed E-state index contributed by atoms with van der Waals surface area (Å²) in [5.41, 5.74) is 0. The van der Waals surface area contributed by atoms with Crippen molar-refractivity contribution in [1.82, 2.24) is 10.2 Å². The first kappa shape index (κ1) is 13.7. The summed E-state index contributed by atoms with van der Waals surface area (Å²) in [5.74, 6) is 0.530. The summed E-state index contributed by atoms with van der Waals surface area (Å²) < 4.78 is 5.56.